The molecule has 0 fully saturated rings. The second kappa shape index (κ2) is 25.7. The zero-order chi connectivity index (χ0) is 19.7. The molecular weight excluding hydrogens is 324 g/mol. The lowest BCUT2D eigenvalue weighted by Gasteiger charge is -2.02. The van der Waals surface area contributed by atoms with Crippen LogP contribution in [0.1, 0.15) is 162 Å². The van der Waals surface area contributed by atoms with Crippen molar-refractivity contribution in [3.8, 4) is 0 Å². The molecule has 0 aromatic heterocycles. The first-order chi connectivity index (χ1) is 13.4. The van der Waals surface area contributed by atoms with E-state index >= 15 is 0 Å². The first kappa shape index (κ1) is 26.7. The number of hydrogen-bond donors (Lipinski definition) is 0. The van der Waals surface area contributed by atoms with Crippen LogP contribution >= 0.6 is 0 Å². The van der Waals surface area contributed by atoms with Gasteiger partial charge in [0.25, 0.3) is 0 Å². The molecule has 0 aromatic carbocycles. The van der Waals surface area contributed by atoms with Gasteiger partial charge in [0.2, 0.25) is 0 Å². The van der Waals surface area contributed by atoms with Gasteiger partial charge >= 0.3 is 0 Å². The maximum atomic E-state index is 2.45. The third-order valence-corrected chi connectivity index (χ3v) is 5.87. The fourth-order valence-electron chi connectivity index (χ4n) is 3.91. The SMILES string of the molecule is CCCCCCCCCCCCC=CCCCCCCCCCCCCC. The van der Waals surface area contributed by atoms with Crippen LogP contribution in [0.15, 0.2) is 12.2 Å². The minimum atomic E-state index is 1.31. The summed E-state index contributed by atoms with van der Waals surface area (Å²) >= 11 is 0. The maximum absolute atomic E-state index is 2.45. The van der Waals surface area contributed by atoms with E-state index in [2.05, 4.69) is 26.0 Å². The van der Waals surface area contributed by atoms with Gasteiger partial charge in [-0.3, -0.25) is 0 Å². The topological polar surface area (TPSA) is 0 Å². The van der Waals surface area contributed by atoms with E-state index in [1.165, 1.54) is 148 Å². The summed E-state index contributed by atoms with van der Waals surface area (Å²) in [5, 5.41) is 0. The summed E-state index contributed by atoms with van der Waals surface area (Å²) in [6, 6.07) is 0. The molecule has 0 rings (SSSR count). The zero-order valence-electron chi connectivity index (χ0n) is 19.4. The molecule has 0 amide bonds. The molecule has 0 nitrogen and oxygen atoms in total. The molecule has 0 bridgehead atoms. The molecular formula is C27H54. The fraction of sp³-hybridized carbons (Fsp3) is 0.926. The number of hydrogen-bond acceptors (Lipinski definition) is 0. The predicted molar refractivity (Wildman–Crippen MR) is 127 cm³/mol. The van der Waals surface area contributed by atoms with E-state index in [4.69, 9.17) is 0 Å². The average Bonchev–Trinajstić information content (AvgIpc) is 2.68. The van der Waals surface area contributed by atoms with Crippen molar-refractivity contribution in [2.24, 2.45) is 0 Å². The molecule has 0 saturated heterocycles. The summed E-state index contributed by atoms with van der Waals surface area (Å²) in [5.74, 6) is 0. The third-order valence-electron chi connectivity index (χ3n) is 5.87. The predicted octanol–water partition coefficient (Wildman–Crippen LogP) is 10.6. The molecule has 0 aliphatic carbocycles. The van der Waals surface area contributed by atoms with Gasteiger partial charge < -0.3 is 0 Å². The van der Waals surface area contributed by atoms with Crippen LogP contribution in [0.4, 0.5) is 0 Å². The van der Waals surface area contributed by atoms with Gasteiger partial charge in [0, 0.05) is 0 Å². The largest absolute Gasteiger partial charge is 0.0885 e. The molecule has 0 spiro atoms. The number of unbranched alkanes of at least 4 members (excludes halogenated alkanes) is 21. The Morgan fingerprint density at radius 2 is 0.519 bits per heavy atom. The van der Waals surface area contributed by atoms with Crippen molar-refractivity contribution < 1.29 is 0 Å². The highest BCUT2D eigenvalue weighted by Gasteiger charge is 1.93. The van der Waals surface area contributed by atoms with Crippen LogP contribution in [-0.2, 0) is 0 Å². The summed E-state index contributed by atoms with van der Waals surface area (Å²) in [5.41, 5.74) is 0. The van der Waals surface area contributed by atoms with Crippen LogP contribution < -0.4 is 0 Å². The van der Waals surface area contributed by atoms with E-state index in [9.17, 15) is 0 Å². The maximum Gasteiger partial charge on any atom is -0.0351 e. The highest BCUT2D eigenvalue weighted by Crippen LogP contribution is 2.13. The molecule has 0 aliphatic rings. The van der Waals surface area contributed by atoms with Gasteiger partial charge in [0.05, 0.1) is 0 Å². The molecule has 0 atom stereocenters. The Balaban J connectivity index is 3.05. The van der Waals surface area contributed by atoms with Crippen LogP contribution in [0.2, 0.25) is 0 Å². The van der Waals surface area contributed by atoms with E-state index < -0.39 is 0 Å². The zero-order valence-corrected chi connectivity index (χ0v) is 19.4. The fourth-order valence-corrected chi connectivity index (χ4v) is 3.91. The molecule has 0 aromatic rings. The van der Waals surface area contributed by atoms with Gasteiger partial charge in [-0.25, -0.2) is 0 Å². The average molecular weight is 379 g/mol. The summed E-state index contributed by atoms with van der Waals surface area (Å²) < 4.78 is 0. The molecule has 0 radical (unpaired) electrons. The highest BCUT2D eigenvalue weighted by molar-refractivity contribution is 4.81. The molecule has 0 aliphatic heterocycles. The highest BCUT2D eigenvalue weighted by atomic mass is 14.0. The van der Waals surface area contributed by atoms with E-state index in [-0.39, 0.29) is 0 Å². The smallest absolute Gasteiger partial charge is 0.0351 e. The minimum Gasteiger partial charge on any atom is -0.0885 e. The van der Waals surface area contributed by atoms with Crippen LogP contribution in [0.5, 0.6) is 0 Å². The minimum absolute atomic E-state index is 1.31. The lowest BCUT2D eigenvalue weighted by atomic mass is 10.0. The summed E-state index contributed by atoms with van der Waals surface area (Å²) in [7, 11) is 0. The molecule has 0 heterocycles. The first-order valence-corrected chi connectivity index (χ1v) is 13.1. The number of rotatable bonds is 23. The molecule has 0 unspecified atom stereocenters. The first-order valence-electron chi connectivity index (χ1n) is 13.1. The van der Waals surface area contributed by atoms with Crippen molar-refractivity contribution in [1.82, 2.24) is 0 Å². The van der Waals surface area contributed by atoms with Crippen LogP contribution in [-0.4, -0.2) is 0 Å². The molecule has 27 heavy (non-hydrogen) atoms. The third kappa shape index (κ3) is 25.7. The van der Waals surface area contributed by atoms with Crippen molar-refractivity contribution in [3.05, 3.63) is 12.2 Å². The van der Waals surface area contributed by atoms with Gasteiger partial charge in [-0.15, -0.1) is 0 Å². The summed E-state index contributed by atoms with van der Waals surface area (Å²) in [4.78, 5) is 0. The Hall–Kier alpha value is -0.260. The Kier molecular flexibility index (Phi) is 25.5. The molecule has 0 N–H and O–H groups in total. The Morgan fingerprint density at radius 1 is 0.296 bits per heavy atom. The van der Waals surface area contributed by atoms with Crippen molar-refractivity contribution >= 4 is 0 Å². The molecule has 162 valence electrons. The van der Waals surface area contributed by atoms with Gasteiger partial charge in [-0.1, -0.05) is 148 Å². The lowest BCUT2D eigenvalue weighted by Crippen LogP contribution is -1.82. The lowest BCUT2D eigenvalue weighted by molar-refractivity contribution is 0.550. The van der Waals surface area contributed by atoms with E-state index in [0.29, 0.717) is 0 Å². The van der Waals surface area contributed by atoms with Crippen molar-refractivity contribution in [1.29, 1.82) is 0 Å². The van der Waals surface area contributed by atoms with Crippen LogP contribution in [0.25, 0.3) is 0 Å². The van der Waals surface area contributed by atoms with Crippen molar-refractivity contribution in [3.63, 3.8) is 0 Å². The molecule has 0 heteroatoms. The van der Waals surface area contributed by atoms with Gasteiger partial charge in [0.15, 0.2) is 0 Å². The van der Waals surface area contributed by atoms with Crippen LogP contribution in [0, 0.1) is 0 Å². The van der Waals surface area contributed by atoms with Crippen molar-refractivity contribution in [2.75, 3.05) is 0 Å². The second-order valence-electron chi connectivity index (χ2n) is 8.77. The quantitative estimate of drug-likeness (QED) is 0.122. The Bertz CT molecular complexity index is 265. The Labute approximate surface area is 174 Å². The van der Waals surface area contributed by atoms with Gasteiger partial charge in [-0.05, 0) is 25.7 Å². The second-order valence-corrected chi connectivity index (χ2v) is 8.77. The van der Waals surface area contributed by atoms with E-state index in [1.807, 2.05) is 0 Å². The standard InChI is InChI=1S/C27H54/c1-3-5-7-9-11-13-15-17-19-21-23-25-27-26-24-22-20-18-16-14-12-10-8-6-4-2/h25,27H,3-24,26H2,1-2H3. The van der Waals surface area contributed by atoms with Crippen LogP contribution in [0.3, 0.4) is 0 Å². The van der Waals surface area contributed by atoms with Gasteiger partial charge in [0.1, 0.15) is 0 Å². The van der Waals surface area contributed by atoms with E-state index in [0.717, 1.165) is 0 Å². The van der Waals surface area contributed by atoms with Crippen molar-refractivity contribution in [2.45, 2.75) is 162 Å². The molecule has 0 saturated carbocycles. The number of allylic oxidation sites excluding steroid dienone is 2. The monoisotopic (exact) mass is 378 g/mol. The normalized spacial score (nSPS) is 11.6. The summed E-state index contributed by atoms with van der Waals surface area (Å²) in [6.07, 6.45) is 37.9. The Morgan fingerprint density at radius 3 is 0.778 bits per heavy atom. The van der Waals surface area contributed by atoms with Gasteiger partial charge in [-0.2, -0.15) is 0 Å². The van der Waals surface area contributed by atoms with E-state index in [1.54, 1.807) is 0 Å². The summed E-state index contributed by atoms with van der Waals surface area (Å²) in [6.45, 7) is 4.60.